The highest BCUT2D eigenvalue weighted by molar-refractivity contribution is 6.00. The van der Waals surface area contributed by atoms with Gasteiger partial charge in [-0.05, 0) is 22.8 Å². The highest BCUT2D eigenvalue weighted by atomic mass is 16.5. The summed E-state index contributed by atoms with van der Waals surface area (Å²) in [6.07, 6.45) is 0.277. The van der Waals surface area contributed by atoms with Crippen molar-refractivity contribution < 1.29 is 29.0 Å². The van der Waals surface area contributed by atoms with Gasteiger partial charge in [-0.15, -0.1) is 0 Å². The van der Waals surface area contributed by atoms with Gasteiger partial charge in [0.15, 0.2) is 11.5 Å². The molecule has 0 aliphatic heterocycles. The van der Waals surface area contributed by atoms with E-state index in [1.807, 2.05) is 42.5 Å². The van der Waals surface area contributed by atoms with Crippen LogP contribution in [0.4, 0.5) is 0 Å². The molecule has 0 bridgehead atoms. The molecule has 1 N–H and O–H groups in total. The zero-order valence-corrected chi connectivity index (χ0v) is 22.9. The number of benzene rings is 4. The lowest BCUT2D eigenvalue weighted by Crippen LogP contribution is -2.51. The number of rotatable bonds is 13. The van der Waals surface area contributed by atoms with Crippen LogP contribution < -0.4 is 9.47 Å². The summed E-state index contributed by atoms with van der Waals surface area (Å²) >= 11 is 0. The van der Waals surface area contributed by atoms with Crippen LogP contribution in [-0.4, -0.2) is 47.5 Å². The van der Waals surface area contributed by atoms with E-state index in [9.17, 15) is 19.5 Å². The van der Waals surface area contributed by atoms with Crippen LogP contribution >= 0.6 is 0 Å². The van der Waals surface area contributed by atoms with Gasteiger partial charge in [0.05, 0.1) is 26.6 Å². The Morgan fingerprint density at radius 2 is 1.22 bits per heavy atom. The molecule has 0 saturated heterocycles. The van der Waals surface area contributed by atoms with E-state index in [0.29, 0.717) is 41.2 Å². The van der Waals surface area contributed by atoms with Crippen LogP contribution in [0.25, 0.3) is 0 Å². The predicted octanol–water partition coefficient (Wildman–Crippen LogP) is 5.15. The second-order valence-electron chi connectivity index (χ2n) is 9.57. The number of para-hydroxylation sites is 1. The van der Waals surface area contributed by atoms with Gasteiger partial charge in [0.2, 0.25) is 11.8 Å². The molecule has 4 rings (SSSR count). The standard InChI is InChI=1S/C34H33NO6/c1-40-30-19-11-18-28(33(30)41-21-20-25-12-5-2-6-13-25)24-29(34(38)39)35(31(36)22-26-14-7-3-8-15-26)32(37)23-27-16-9-4-10-17-27/h2-19,29H,20-24H2,1H3,(H,38,39). The van der Waals surface area contributed by atoms with Crippen molar-refractivity contribution in [1.29, 1.82) is 0 Å². The number of carboxylic acids is 1. The number of imide groups is 1. The molecule has 1 unspecified atom stereocenters. The summed E-state index contributed by atoms with van der Waals surface area (Å²) in [5.74, 6) is -1.62. The van der Waals surface area contributed by atoms with E-state index < -0.39 is 23.8 Å². The van der Waals surface area contributed by atoms with Crippen LogP contribution in [0.15, 0.2) is 109 Å². The van der Waals surface area contributed by atoms with Crippen molar-refractivity contribution >= 4 is 17.8 Å². The van der Waals surface area contributed by atoms with Gasteiger partial charge in [0.25, 0.3) is 0 Å². The molecule has 4 aromatic rings. The van der Waals surface area contributed by atoms with Gasteiger partial charge < -0.3 is 14.6 Å². The van der Waals surface area contributed by atoms with Crippen molar-refractivity contribution in [2.75, 3.05) is 13.7 Å². The average Bonchev–Trinajstić information content (AvgIpc) is 2.99. The average molecular weight is 552 g/mol. The first-order valence-corrected chi connectivity index (χ1v) is 13.4. The normalized spacial score (nSPS) is 11.3. The molecule has 210 valence electrons. The van der Waals surface area contributed by atoms with Crippen LogP contribution in [0.2, 0.25) is 0 Å². The topological polar surface area (TPSA) is 93.1 Å². The van der Waals surface area contributed by atoms with Crippen LogP contribution in [-0.2, 0) is 40.1 Å². The van der Waals surface area contributed by atoms with Crippen molar-refractivity contribution in [3.8, 4) is 11.5 Å². The van der Waals surface area contributed by atoms with E-state index in [-0.39, 0.29) is 19.3 Å². The number of amides is 2. The molecule has 0 heterocycles. The Morgan fingerprint density at radius 1 is 0.707 bits per heavy atom. The third kappa shape index (κ3) is 8.05. The molecule has 0 aromatic heterocycles. The molecule has 0 aliphatic carbocycles. The number of carbonyl (C=O) groups is 3. The molecular formula is C34H33NO6. The van der Waals surface area contributed by atoms with E-state index in [0.717, 1.165) is 10.5 Å². The van der Waals surface area contributed by atoms with Crippen LogP contribution in [0.3, 0.4) is 0 Å². The molecule has 0 fully saturated rings. The number of ether oxygens (including phenoxy) is 2. The summed E-state index contributed by atoms with van der Waals surface area (Å²) in [7, 11) is 1.51. The maximum Gasteiger partial charge on any atom is 0.327 e. The summed E-state index contributed by atoms with van der Waals surface area (Å²) in [5, 5.41) is 10.4. The van der Waals surface area contributed by atoms with Gasteiger partial charge in [-0.25, -0.2) is 4.79 Å². The highest BCUT2D eigenvalue weighted by Crippen LogP contribution is 2.33. The fraction of sp³-hybridized carbons (Fsp3) is 0.206. The summed E-state index contributed by atoms with van der Waals surface area (Å²) in [6.45, 7) is 0.332. The number of nitrogens with zero attached hydrogens (tertiary/aromatic N) is 1. The molecule has 7 heteroatoms. The number of aliphatic carboxylic acids is 1. The summed E-state index contributed by atoms with van der Waals surface area (Å²) < 4.78 is 11.7. The van der Waals surface area contributed by atoms with Crippen LogP contribution in [0.5, 0.6) is 11.5 Å². The Hall–Kier alpha value is -4.91. The Morgan fingerprint density at radius 3 is 1.71 bits per heavy atom. The molecule has 0 spiro atoms. The smallest absolute Gasteiger partial charge is 0.327 e. The molecule has 0 saturated carbocycles. The number of hydrogen-bond acceptors (Lipinski definition) is 5. The second kappa shape index (κ2) is 14.5. The van der Waals surface area contributed by atoms with Gasteiger partial charge in [0.1, 0.15) is 6.04 Å². The van der Waals surface area contributed by atoms with E-state index in [1.165, 1.54) is 7.11 Å². The lowest BCUT2D eigenvalue weighted by Gasteiger charge is -2.28. The third-order valence-corrected chi connectivity index (χ3v) is 6.70. The zero-order valence-electron chi connectivity index (χ0n) is 22.9. The minimum atomic E-state index is -1.45. The molecule has 41 heavy (non-hydrogen) atoms. The van der Waals surface area contributed by atoms with Crippen molar-refractivity contribution in [1.82, 2.24) is 4.90 Å². The molecule has 0 radical (unpaired) electrons. The fourth-order valence-corrected chi connectivity index (χ4v) is 4.66. The van der Waals surface area contributed by atoms with Crippen molar-refractivity contribution in [2.24, 2.45) is 0 Å². The second-order valence-corrected chi connectivity index (χ2v) is 9.57. The first kappa shape index (κ1) is 29.1. The predicted molar refractivity (Wildman–Crippen MR) is 156 cm³/mol. The zero-order chi connectivity index (χ0) is 29.0. The molecule has 7 nitrogen and oxygen atoms in total. The van der Waals surface area contributed by atoms with E-state index in [2.05, 4.69) is 0 Å². The number of methoxy groups -OCH3 is 1. The lowest BCUT2D eigenvalue weighted by atomic mass is 10.0. The third-order valence-electron chi connectivity index (χ3n) is 6.70. The number of carboxylic acid groups (broad SMARTS) is 1. The maximum absolute atomic E-state index is 13.6. The largest absolute Gasteiger partial charge is 0.493 e. The Balaban J connectivity index is 1.63. The van der Waals surface area contributed by atoms with Gasteiger partial charge in [-0.2, -0.15) is 0 Å². The van der Waals surface area contributed by atoms with Crippen LogP contribution in [0.1, 0.15) is 22.3 Å². The van der Waals surface area contributed by atoms with Gasteiger partial charge in [-0.3, -0.25) is 14.5 Å². The number of hydrogen-bond donors (Lipinski definition) is 1. The Kier molecular flexibility index (Phi) is 10.3. The minimum absolute atomic E-state index is 0.107. The number of carbonyl (C=O) groups excluding carboxylic acids is 2. The molecular weight excluding hydrogens is 518 g/mol. The summed E-state index contributed by atoms with van der Waals surface area (Å²) in [5.41, 5.74) is 2.99. The maximum atomic E-state index is 13.6. The van der Waals surface area contributed by atoms with Gasteiger partial charge >= 0.3 is 5.97 Å². The highest BCUT2D eigenvalue weighted by Gasteiger charge is 2.35. The van der Waals surface area contributed by atoms with E-state index in [1.54, 1.807) is 66.7 Å². The quantitative estimate of drug-likeness (QED) is 0.247. The summed E-state index contributed by atoms with van der Waals surface area (Å²) in [4.78, 5) is 40.8. The Bertz CT molecular complexity index is 1390. The first-order chi connectivity index (χ1) is 20.0. The summed E-state index contributed by atoms with van der Waals surface area (Å²) in [6, 6.07) is 31.5. The van der Waals surface area contributed by atoms with Crippen molar-refractivity contribution in [3.63, 3.8) is 0 Å². The fourth-order valence-electron chi connectivity index (χ4n) is 4.66. The SMILES string of the molecule is COc1cccc(CC(C(=O)O)N(C(=O)Cc2ccccc2)C(=O)Cc2ccccc2)c1OCCc1ccccc1. The molecule has 4 aromatic carbocycles. The van der Waals surface area contributed by atoms with Crippen molar-refractivity contribution in [3.05, 3.63) is 131 Å². The molecule has 1 atom stereocenters. The van der Waals surface area contributed by atoms with Crippen LogP contribution in [0, 0.1) is 0 Å². The van der Waals surface area contributed by atoms with E-state index in [4.69, 9.17) is 9.47 Å². The van der Waals surface area contributed by atoms with Gasteiger partial charge in [-0.1, -0.05) is 103 Å². The molecule has 0 aliphatic rings. The minimum Gasteiger partial charge on any atom is -0.493 e. The Labute approximate surface area is 240 Å². The first-order valence-electron chi connectivity index (χ1n) is 13.4. The lowest BCUT2D eigenvalue weighted by molar-refractivity contribution is -0.157. The van der Waals surface area contributed by atoms with Gasteiger partial charge in [0, 0.05) is 18.4 Å². The van der Waals surface area contributed by atoms with E-state index >= 15 is 0 Å². The monoisotopic (exact) mass is 551 g/mol. The molecule has 2 amide bonds. The van der Waals surface area contributed by atoms with Crippen molar-refractivity contribution in [2.45, 2.75) is 31.7 Å².